The fourth-order valence-corrected chi connectivity index (χ4v) is 3.47. The fraction of sp³-hybridized carbons (Fsp3) is 0.417. The molecular weight excluding hydrogens is 376 g/mol. The van der Waals surface area contributed by atoms with Gasteiger partial charge in [0.2, 0.25) is 11.8 Å². The monoisotopic (exact) mass is 410 g/mol. The molecule has 0 saturated carbocycles. The summed E-state index contributed by atoms with van der Waals surface area (Å²) in [5.41, 5.74) is 6.30. The summed E-state index contributed by atoms with van der Waals surface area (Å²) in [6, 6.07) is 12.2. The Bertz CT molecular complexity index is 868. The number of nitrogens with one attached hydrogen (secondary N) is 1. The highest BCUT2D eigenvalue weighted by atomic mass is 16.2. The summed E-state index contributed by atoms with van der Waals surface area (Å²) in [5, 5.41) is 2.98. The Balaban J connectivity index is 1.86. The van der Waals surface area contributed by atoms with E-state index in [9.17, 15) is 9.59 Å². The number of anilines is 2. The minimum Gasteiger partial charge on any atom is -0.378 e. The molecule has 162 valence electrons. The van der Waals surface area contributed by atoms with Crippen molar-refractivity contribution in [2.45, 2.75) is 27.3 Å². The van der Waals surface area contributed by atoms with Gasteiger partial charge < -0.3 is 15.1 Å². The van der Waals surface area contributed by atoms with Crippen molar-refractivity contribution < 1.29 is 9.59 Å². The topological polar surface area (TPSA) is 55.9 Å². The number of carbonyl (C=O) groups is 2. The molecule has 0 atom stereocenters. The lowest BCUT2D eigenvalue weighted by molar-refractivity contribution is -0.131. The van der Waals surface area contributed by atoms with Gasteiger partial charge in [0.05, 0.1) is 13.1 Å². The largest absolute Gasteiger partial charge is 0.378 e. The van der Waals surface area contributed by atoms with Crippen LogP contribution in [0.15, 0.2) is 36.4 Å². The van der Waals surface area contributed by atoms with Crippen LogP contribution in [0.2, 0.25) is 0 Å². The summed E-state index contributed by atoms with van der Waals surface area (Å²) in [5.74, 6) is -0.146. The van der Waals surface area contributed by atoms with Crippen LogP contribution in [-0.4, -0.2) is 62.9 Å². The Morgan fingerprint density at radius 3 is 1.97 bits per heavy atom. The van der Waals surface area contributed by atoms with Gasteiger partial charge >= 0.3 is 0 Å². The van der Waals surface area contributed by atoms with E-state index in [4.69, 9.17) is 0 Å². The second kappa shape index (κ2) is 10.3. The van der Waals surface area contributed by atoms with Crippen molar-refractivity contribution in [3.63, 3.8) is 0 Å². The first-order valence-electron chi connectivity index (χ1n) is 10.1. The predicted octanol–water partition coefficient (Wildman–Crippen LogP) is 3.21. The lowest BCUT2D eigenvalue weighted by atomic mass is 10.1. The summed E-state index contributed by atoms with van der Waals surface area (Å²) in [7, 11) is 7.57. The van der Waals surface area contributed by atoms with E-state index >= 15 is 0 Å². The highest BCUT2D eigenvalue weighted by molar-refractivity contribution is 5.94. The Hall–Kier alpha value is -2.86. The van der Waals surface area contributed by atoms with Crippen LogP contribution >= 0.6 is 0 Å². The van der Waals surface area contributed by atoms with Crippen molar-refractivity contribution in [2.24, 2.45) is 0 Å². The lowest BCUT2D eigenvalue weighted by Crippen LogP contribution is -2.39. The van der Waals surface area contributed by atoms with Crippen molar-refractivity contribution >= 4 is 23.2 Å². The molecule has 6 nitrogen and oxygen atoms in total. The summed E-state index contributed by atoms with van der Waals surface area (Å²) < 4.78 is 0. The van der Waals surface area contributed by atoms with Gasteiger partial charge in [-0.05, 0) is 56.6 Å². The van der Waals surface area contributed by atoms with E-state index in [0.29, 0.717) is 6.54 Å². The highest BCUT2D eigenvalue weighted by Gasteiger charge is 2.16. The molecule has 0 radical (unpaired) electrons. The van der Waals surface area contributed by atoms with Crippen molar-refractivity contribution in [1.29, 1.82) is 0 Å². The third-order valence-electron chi connectivity index (χ3n) is 5.06. The van der Waals surface area contributed by atoms with E-state index in [2.05, 4.69) is 17.4 Å². The van der Waals surface area contributed by atoms with Gasteiger partial charge in [0, 0.05) is 39.1 Å². The average molecular weight is 411 g/mol. The first-order valence-corrected chi connectivity index (χ1v) is 10.1. The Labute approximate surface area is 180 Å². The maximum atomic E-state index is 12.6. The minimum atomic E-state index is -0.123. The van der Waals surface area contributed by atoms with Gasteiger partial charge in [-0.1, -0.05) is 29.8 Å². The molecule has 0 saturated heterocycles. The maximum Gasteiger partial charge on any atom is 0.238 e. The van der Waals surface area contributed by atoms with E-state index in [1.807, 2.05) is 64.0 Å². The molecule has 0 spiro atoms. The van der Waals surface area contributed by atoms with Crippen LogP contribution in [0.1, 0.15) is 22.3 Å². The van der Waals surface area contributed by atoms with Gasteiger partial charge in [-0.2, -0.15) is 0 Å². The first-order chi connectivity index (χ1) is 14.1. The number of aryl methyl sites for hydroxylation is 3. The van der Waals surface area contributed by atoms with Crippen LogP contribution < -0.4 is 10.2 Å². The molecule has 0 heterocycles. The fourth-order valence-electron chi connectivity index (χ4n) is 3.47. The molecule has 0 fully saturated rings. The Morgan fingerprint density at radius 2 is 1.43 bits per heavy atom. The third kappa shape index (κ3) is 6.59. The Morgan fingerprint density at radius 1 is 0.867 bits per heavy atom. The van der Waals surface area contributed by atoms with E-state index in [1.165, 1.54) is 5.56 Å². The number of nitrogens with zero attached hydrogens (tertiary/aromatic N) is 3. The molecule has 2 aromatic carbocycles. The standard InChI is InChI=1S/C24H34N4O2/c1-17-12-18(2)24(19(3)13-17)25-22(29)15-27(6)16-23(30)28(7)14-20-8-10-21(11-9-20)26(4)5/h8-13H,14-16H2,1-7H3,(H,25,29). The molecule has 0 aliphatic rings. The normalized spacial score (nSPS) is 10.8. The zero-order chi connectivity index (χ0) is 22.4. The molecule has 1 N–H and O–H groups in total. The Kier molecular flexibility index (Phi) is 8.00. The van der Waals surface area contributed by atoms with Gasteiger partial charge in [-0.3, -0.25) is 14.5 Å². The number of amides is 2. The van der Waals surface area contributed by atoms with Gasteiger partial charge in [0.15, 0.2) is 0 Å². The predicted molar refractivity (Wildman–Crippen MR) is 124 cm³/mol. The lowest BCUT2D eigenvalue weighted by Gasteiger charge is -2.22. The smallest absolute Gasteiger partial charge is 0.238 e. The van der Waals surface area contributed by atoms with Gasteiger partial charge in [0.1, 0.15) is 0 Å². The zero-order valence-corrected chi connectivity index (χ0v) is 19.2. The van der Waals surface area contributed by atoms with Crippen LogP contribution in [0, 0.1) is 20.8 Å². The number of rotatable bonds is 8. The zero-order valence-electron chi connectivity index (χ0n) is 19.2. The number of carbonyl (C=O) groups excluding carboxylic acids is 2. The van der Waals surface area contributed by atoms with Gasteiger partial charge in [0.25, 0.3) is 0 Å². The first kappa shape index (κ1) is 23.4. The molecule has 0 unspecified atom stereocenters. The average Bonchev–Trinajstić information content (AvgIpc) is 2.64. The minimum absolute atomic E-state index is 0.0234. The van der Waals surface area contributed by atoms with Crippen LogP contribution in [0.4, 0.5) is 11.4 Å². The van der Waals surface area contributed by atoms with Crippen molar-refractivity contribution in [3.05, 3.63) is 58.7 Å². The number of likely N-dealkylation sites (N-methyl/N-ethyl adjacent to an activating group) is 2. The van der Waals surface area contributed by atoms with Crippen LogP contribution in [0.25, 0.3) is 0 Å². The quantitative estimate of drug-likeness (QED) is 0.726. The maximum absolute atomic E-state index is 12.6. The molecule has 0 aromatic heterocycles. The summed E-state index contributed by atoms with van der Waals surface area (Å²) in [6.45, 7) is 6.90. The molecule has 0 bridgehead atoms. The molecule has 0 aliphatic heterocycles. The van der Waals surface area contributed by atoms with Crippen LogP contribution in [-0.2, 0) is 16.1 Å². The molecular formula is C24H34N4O2. The van der Waals surface area contributed by atoms with Gasteiger partial charge in [-0.15, -0.1) is 0 Å². The second-order valence-corrected chi connectivity index (χ2v) is 8.30. The number of benzene rings is 2. The van der Waals surface area contributed by atoms with E-state index in [1.54, 1.807) is 23.9 Å². The van der Waals surface area contributed by atoms with Crippen molar-refractivity contribution in [3.8, 4) is 0 Å². The number of hydrogen-bond acceptors (Lipinski definition) is 4. The van der Waals surface area contributed by atoms with E-state index < -0.39 is 0 Å². The summed E-state index contributed by atoms with van der Waals surface area (Å²) in [4.78, 5) is 30.5. The molecule has 2 aromatic rings. The molecule has 30 heavy (non-hydrogen) atoms. The van der Waals surface area contributed by atoms with Crippen LogP contribution in [0.5, 0.6) is 0 Å². The molecule has 6 heteroatoms. The highest BCUT2D eigenvalue weighted by Crippen LogP contribution is 2.21. The molecule has 0 aliphatic carbocycles. The van der Waals surface area contributed by atoms with E-state index in [-0.39, 0.29) is 24.9 Å². The van der Waals surface area contributed by atoms with E-state index in [0.717, 1.165) is 28.1 Å². The third-order valence-corrected chi connectivity index (χ3v) is 5.06. The molecule has 2 amide bonds. The van der Waals surface area contributed by atoms with Gasteiger partial charge in [-0.25, -0.2) is 0 Å². The molecule has 2 rings (SSSR count). The van der Waals surface area contributed by atoms with Crippen molar-refractivity contribution in [1.82, 2.24) is 9.80 Å². The summed E-state index contributed by atoms with van der Waals surface area (Å²) in [6.07, 6.45) is 0. The van der Waals surface area contributed by atoms with Crippen molar-refractivity contribution in [2.75, 3.05) is 51.5 Å². The summed E-state index contributed by atoms with van der Waals surface area (Å²) >= 11 is 0. The second-order valence-electron chi connectivity index (χ2n) is 8.30. The number of hydrogen-bond donors (Lipinski definition) is 1. The SMILES string of the molecule is Cc1cc(C)c(NC(=O)CN(C)CC(=O)N(C)Cc2ccc(N(C)C)cc2)c(C)c1. The van der Waals surface area contributed by atoms with Crippen LogP contribution in [0.3, 0.4) is 0 Å².